The quantitative estimate of drug-likeness (QED) is 0.246. The summed E-state index contributed by atoms with van der Waals surface area (Å²) in [6, 6.07) is 11.0. The Bertz CT molecular complexity index is 1130. The number of carbonyl (C=O) groups excluding carboxylic acids is 1. The van der Waals surface area contributed by atoms with Crippen LogP contribution in [0.5, 0.6) is 5.75 Å². The molecule has 0 saturated heterocycles. The zero-order valence-electron chi connectivity index (χ0n) is 18.7. The second kappa shape index (κ2) is 10.8. The van der Waals surface area contributed by atoms with Crippen molar-refractivity contribution in [3.8, 4) is 17.2 Å². The van der Waals surface area contributed by atoms with Crippen LogP contribution < -0.4 is 4.74 Å². The van der Waals surface area contributed by atoms with Crippen molar-refractivity contribution in [1.29, 1.82) is 0 Å². The third-order valence-electron chi connectivity index (χ3n) is 4.91. The van der Waals surface area contributed by atoms with Gasteiger partial charge in [-0.25, -0.2) is 4.98 Å². The Hall–Kier alpha value is -2.56. The minimum atomic E-state index is -0.206. The molecule has 0 fully saturated rings. The first-order valence-electron chi connectivity index (χ1n) is 10.7. The van der Waals surface area contributed by atoms with Gasteiger partial charge in [-0.05, 0) is 54.8 Å². The molecule has 0 atom stereocenters. The van der Waals surface area contributed by atoms with Crippen molar-refractivity contribution in [2.24, 2.45) is 0 Å². The van der Waals surface area contributed by atoms with Gasteiger partial charge < -0.3 is 9.15 Å². The lowest BCUT2D eigenvalue weighted by atomic mass is 10.1. The second-order valence-corrected chi connectivity index (χ2v) is 8.81. The molecule has 0 unspecified atom stereocenters. The summed E-state index contributed by atoms with van der Waals surface area (Å²) in [7, 11) is 0. The number of allylic oxidation sites excluding steroid dienone is 1. The number of esters is 1. The van der Waals surface area contributed by atoms with Gasteiger partial charge in [-0.3, -0.25) is 4.79 Å². The molecule has 0 spiro atoms. The van der Waals surface area contributed by atoms with Gasteiger partial charge in [-0.2, -0.15) is 0 Å². The van der Waals surface area contributed by atoms with Crippen LogP contribution in [0.4, 0.5) is 0 Å². The summed E-state index contributed by atoms with van der Waals surface area (Å²) in [6.45, 7) is 8.03. The maximum absolute atomic E-state index is 11.7. The average molecular weight is 472 g/mol. The molecule has 168 valence electrons. The van der Waals surface area contributed by atoms with Gasteiger partial charge in [0.15, 0.2) is 0 Å². The first kappa shape index (κ1) is 24.1. The van der Waals surface area contributed by atoms with E-state index in [1.807, 2.05) is 44.2 Å². The molecule has 0 aliphatic rings. The Kier molecular flexibility index (Phi) is 8.16. The lowest BCUT2D eigenvalue weighted by Gasteiger charge is -2.07. The minimum absolute atomic E-state index is 0.185. The number of rotatable bonds is 8. The van der Waals surface area contributed by atoms with Gasteiger partial charge in [0.1, 0.15) is 11.5 Å². The van der Waals surface area contributed by atoms with Crippen LogP contribution in [0.1, 0.15) is 62.1 Å². The Morgan fingerprint density at radius 3 is 2.62 bits per heavy atom. The summed E-state index contributed by atoms with van der Waals surface area (Å²) in [5.74, 6) is 1.91. The van der Waals surface area contributed by atoms with E-state index in [2.05, 4.69) is 19.9 Å². The lowest BCUT2D eigenvalue weighted by molar-refractivity contribution is -0.134. The highest BCUT2D eigenvalue weighted by Crippen LogP contribution is 2.33. The van der Waals surface area contributed by atoms with Crippen molar-refractivity contribution in [1.82, 2.24) is 4.98 Å². The molecule has 6 heteroatoms. The Labute approximate surface area is 199 Å². The van der Waals surface area contributed by atoms with Crippen molar-refractivity contribution in [3.05, 3.63) is 75.1 Å². The summed E-state index contributed by atoms with van der Waals surface area (Å²) in [5.41, 5.74) is 3.53. The number of ether oxygens (including phenoxy) is 1. The van der Waals surface area contributed by atoms with Crippen LogP contribution in [0, 0.1) is 6.92 Å². The number of benzene rings is 2. The number of halogens is 2. The summed E-state index contributed by atoms with van der Waals surface area (Å²) in [6.07, 6.45) is 5.88. The molecule has 4 nitrogen and oxygen atoms in total. The fourth-order valence-electron chi connectivity index (χ4n) is 3.31. The van der Waals surface area contributed by atoms with E-state index >= 15 is 0 Å². The lowest BCUT2D eigenvalue weighted by Crippen LogP contribution is -2.07. The molecule has 3 rings (SSSR count). The largest absolute Gasteiger partial charge is 0.441 e. The van der Waals surface area contributed by atoms with E-state index in [0.29, 0.717) is 34.5 Å². The van der Waals surface area contributed by atoms with Crippen LogP contribution in [-0.2, 0) is 11.2 Å². The van der Waals surface area contributed by atoms with Crippen molar-refractivity contribution in [2.45, 2.75) is 52.9 Å². The summed E-state index contributed by atoms with van der Waals surface area (Å²) in [4.78, 5) is 16.4. The fraction of sp³-hybridized carbons (Fsp3) is 0.308. The van der Waals surface area contributed by atoms with Crippen molar-refractivity contribution >= 4 is 35.2 Å². The summed E-state index contributed by atoms with van der Waals surface area (Å²) >= 11 is 12.3. The molecule has 32 heavy (non-hydrogen) atoms. The monoisotopic (exact) mass is 471 g/mol. The third kappa shape index (κ3) is 6.02. The molecular formula is C26H27Cl2NO3. The summed E-state index contributed by atoms with van der Waals surface area (Å²) < 4.78 is 11.5. The van der Waals surface area contributed by atoms with Gasteiger partial charge in [-0.1, -0.05) is 62.2 Å². The normalized spacial score (nSPS) is 11.5. The first-order chi connectivity index (χ1) is 15.3. The smallest absolute Gasteiger partial charge is 0.311 e. The number of hydrogen-bond acceptors (Lipinski definition) is 4. The van der Waals surface area contributed by atoms with Gasteiger partial charge in [0.25, 0.3) is 0 Å². The molecule has 3 aromatic rings. The van der Waals surface area contributed by atoms with E-state index in [9.17, 15) is 4.79 Å². The first-order valence-corrected chi connectivity index (χ1v) is 11.5. The Balaban J connectivity index is 1.77. The molecule has 1 aromatic heterocycles. The van der Waals surface area contributed by atoms with E-state index in [4.69, 9.17) is 37.3 Å². The highest BCUT2D eigenvalue weighted by Gasteiger charge is 2.18. The predicted octanol–water partition coefficient (Wildman–Crippen LogP) is 8.04. The third-order valence-corrected chi connectivity index (χ3v) is 5.46. The van der Waals surface area contributed by atoms with Crippen molar-refractivity contribution < 1.29 is 13.9 Å². The van der Waals surface area contributed by atoms with E-state index < -0.39 is 0 Å². The van der Waals surface area contributed by atoms with Crippen LogP contribution in [-0.4, -0.2) is 11.0 Å². The maximum Gasteiger partial charge on any atom is 0.311 e. The Morgan fingerprint density at radius 2 is 1.97 bits per heavy atom. The van der Waals surface area contributed by atoms with Crippen LogP contribution in [0.15, 0.2) is 46.9 Å². The van der Waals surface area contributed by atoms with Crippen molar-refractivity contribution in [3.63, 3.8) is 0 Å². The van der Waals surface area contributed by atoms with Crippen LogP contribution in [0.25, 0.3) is 17.5 Å². The minimum Gasteiger partial charge on any atom is -0.441 e. The molecule has 0 N–H and O–H groups in total. The molecule has 2 aromatic carbocycles. The van der Waals surface area contributed by atoms with Gasteiger partial charge in [-0.15, -0.1) is 0 Å². The van der Waals surface area contributed by atoms with E-state index in [1.54, 1.807) is 12.1 Å². The molecule has 0 amide bonds. The zero-order chi connectivity index (χ0) is 23.3. The van der Waals surface area contributed by atoms with E-state index in [1.165, 1.54) is 0 Å². The van der Waals surface area contributed by atoms with Gasteiger partial charge in [0.05, 0.1) is 16.3 Å². The molecule has 0 aliphatic carbocycles. The molecule has 0 aliphatic heterocycles. The SMILES string of the molecule is CCCC(=O)Oc1ccc(C=CCc2nc(-c3ccc(Cl)cc3Cl)oc2C(C)C)cc1C. The van der Waals surface area contributed by atoms with E-state index in [0.717, 1.165) is 34.6 Å². The number of hydrogen-bond donors (Lipinski definition) is 0. The molecule has 0 bridgehead atoms. The number of aryl methyl sites for hydroxylation is 1. The fourth-order valence-corrected chi connectivity index (χ4v) is 3.80. The van der Waals surface area contributed by atoms with Crippen molar-refractivity contribution in [2.75, 3.05) is 0 Å². The molecule has 0 radical (unpaired) electrons. The number of nitrogens with zero attached hydrogens (tertiary/aromatic N) is 1. The second-order valence-electron chi connectivity index (χ2n) is 7.96. The van der Waals surface area contributed by atoms with Crippen LogP contribution in [0.2, 0.25) is 10.0 Å². The summed E-state index contributed by atoms with van der Waals surface area (Å²) in [5, 5.41) is 1.07. The van der Waals surface area contributed by atoms with Crippen LogP contribution in [0.3, 0.4) is 0 Å². The predicted molar refractivity (Wildman–Crippen MR) is 131 cm³/mol. The maximum atomic E-state index is 11.7. The molecular weight excluding hydrogens is 445 g/mol. The number of oxazole rings is 1. The van der Waals surface area contributed by atoms with Crippen LogP contribution >= 0.6 is 23.2 Å². The topological polar surface area (TPSA) is 52.3 Å². The number of aromatic nitrogens is 1. The zero-order valence-corrected chi connectivity index (χ0v) is 20.3. The van der Waals surface area contributed by atoms with Gasteiger partial charge in [0.2, 0.25) is 5.89 Å². The average Bonchev–Trinajstić information content (AvgIpc) is 3.14. The highest BCUT2D eigenvalue weighted by atomic mass is 35.5. The van der Waals surface area contributed by atoms with Gasteiger partial charge >= 0.3 is 5.97 Å². The molecule has 1 heterocycles. The van der Waals surface area contributed by atoms with E-state index in [-0.39, 0.29) is 11.9 Å². The molecule has 0 saturated carbocycles. The van der Waals surface area contributed by atoms with Gasteiger partial charge in [0, 0.05) is 23.8 Å². The Morgan fingerprint density at radius 1 is 1.19 bits per heavy atom. The highest BCUT2D eigenvalue weighted by molar-refractivity contribution is 6.36. The standard InChI is InChI=1S/C26H27Cl2NO3/c1-5-7-24(30)31-23-13-10-18(14-17(23)4)8-6-9-22-25(16(2)3)32-26(29-22)20-12-11-19(27)15-21(20)28/h6,8,10-16H,5,7,9H2,1-4H3. The number of carbonyl (C=O) groups is 1.